The van der Waals surface area contributed by atoms with Gasteiger partial charge in [0.25, 0.3) is 5.91 Å². The molecule has 0 fully saturated rings. The fourth-order valence-electron chi connectivity index (χ4n) is 3.40. The first kappa shape index (κ1) is 29.8. The number of thioether (sulfide) groups is 1. The molecule has 3 atom stereocenters. The molecular weight excluding hydrogens is 496 g/mol. The van der Waals surface area contributed by atoms with E-state index in [9.17, 15) is 9.59 Å². The zero-order valence-corrected chi connectivity index (χ0v) is 22.9. The molecule has 36 heavy (non-hydrogen) atoms. The summed E-state index contributed by atoms with van der Waals surface area (Å²) in [6.07, 6.45) is 3.73. The number of rotatable bonds is 16. The number of methoxy groups -OCH3 is 1. The monoisotopic (exact) mass is 534 g/mol. The smallest absolute Gasteiger partial charge is 0.328 e. The lowest BCUT2D eigenvalue weighted by Crippen LogP contribution is -2.48. The van der Waals surface area contributed by atoms with E-state index in [2.05, 4.69) is 23.3 Å². The van der Waals surface area contributed by atoms with Crippen LogP contribution in [0.5, 0.6) is 5.88 Å². The number of aromatic nitrogens is 1. The SMILES string of the molecule is CCCCC(Oc1nc(-c2ccccc2)ccc1NCC(N)CS)C(=O)NC(CCSC)C(=O)OC. The van der Waals surface area contributed by atoms with Gasteiger partial charge >= 0.3 is 5.97 Å². The first-order chi connectivity index (χ1) is 17.4. The van der Waals surface area contributed by atoms with Crippen LogP contribution in [0.1, 0.15) is 32.6 Å². The summed E-state index contributed by atoms with van der Waals surface area (Å²) in [5.41, 5.74) is 8.31. The molecule has 1 heterocycles. The largest absolute Gasteiger partial charge is 0.467 e. The summed E-state index contributed by atoms with van der Waals surface area (Å²) >= 11 is 5.85. The molecule has 0 bridgehead atoms. The molecule has 1 aromatic carbocycles. The number of thiol groups is 1. The molecule has 0 aliphatic carbocycles. The van der Waals surface area contributed by atoms with Crippen molar-refractivity contribution >= 4 is 42.0 Å². The molecule has 1 amide bonds. The van der Waals surface area contributed by atoms with Crippen molar-refractivity contribution in [2.24, 2.45) is 5.73 Å². The molecule has 3 unspecified atom stereocenters. The molecule has 8 nitrogen and oxygen atoms in total. The minimum atomic E-state index is -0.830. The highest BCUT2D eigenvalue weighted by molar-refractivity contribution is 7.98. The summed E-state index contributed by atoms with van der Waals surface area (Å²) in [7, 11) is 1.32. The molecule has 0 saturated carbocycles. The number of carbonyl (C=O) groups is 2. The average molecular weight is 535 g/mol. The second-order valence-corrected chi connectivity index (χ2v) is 9.70. The van der Waals surface area contributed by atoms with Gasteiger partial charge in [-0.15, -0.1) is 0 Å². The number of hydrogen-bond acceptors (Lipinski definition) is 9. The number of amides is 1. The summed E-state index contributed by atoms with van der Waals surface area (Å²) in [5, 5.41) is 6.10. The van der Waals surface area contributed by atoms with Gasteiger partial charge < -0.3 is 25.8 Å². The lowest BCUT2D eigenvalue weighted by Gasteiger charge is -2.23. The van der Waals surface area contributed by atoms with E-state index >= 15 is 0 Å². The maximum atomic E-state index is 13.3. The van der Waals surface area contributed by atoms with E-state index in [4.69, 9.17) is 20.2 Å². The molecule has 10 heteroatoms. The maximum Gasteiger partial charge on any atom is 0.328 e. The summed E-state index contributed by atoms with van der Waals surface area (Å²) in [4.78, 5) is 30.3. The van der Waals surface area contributed by atoms with Crippen molar-refractivity contribution in [1.82, 2.24) is 10.3 Å². The quantitative estimate of drug-likeness (QED) is 0.190. The number of benzene rings is 1. The van der Waals surface area contributed by atoms with Crippen LogP contribution >= 0.6 is 24.4 Å². The van der Waals surface area contributed by atoms with Crippen LogP contribution in [0, 0.1) is 0 Å². The summed E-state index contributed by atoms with van der Waals surface area (Å²) in [6.45, 7) is 2.52. The molecule has 4 N–H and O–H groups in total. The van der Waals surface area contributed by atoms with E-state index in [-0.39, 0.29) is 11.9 Å². The molecule has 0 aliphatic rings. The fourth-order valence-corrected chi connectivity index (χ4v) is 4.00. The molecule has 0 aliphatic heterocycles. The summed E-state index contributed by atoms with van der Waals surface area (Å²) < 4.78 is 11.1. The number of esters is 1. The van der Waals surface area contributed by atoms with E-state index in [1.807, 2.05) is 55.6 Å². The number of nitrogens with two attached hydrogens (primary N) is 1. The molecule has 1 aromatic heterocycles. The van der Waals surface area contributed by atoms with Crippen LogP contribution in [0.15, 0.2) is 42.5 Å². The van der Waals surface area contributed by atoms with Gasteiger partial charge in [-0.05, 0) is 43.4 Å². The Morgan fingerprint density at radius 1 is 1.17 bits per heavy atom. The molecule has 0 saturated heterocycles. The second-order valence-electron chi connectivity index (χ2n) is 8.35. The normalized spacial score (nSPS) is 13.4. The molecule has 2 aromatic rings. The third-order valence-corrected chi connectivity index (χ3v) is 6.61. The minimum absolute atomic E-state index is 0.161. The number of anilines is 1. The van der Waals surface area contributed by atoms with Crippen molar-refractivity contribution in [1.29, 1.82) is 0 Å². The van der Waals surface area contributed by atoms with E-state index in [1.54, 1.807) is 11.8 Å². The minimum Gasteiger partial charge on any atom is -0.467 e. The van der Waals surface area contributed by atoms with Crippen LogP contribution in [-0.4, -0.2) is 66.5 Å². The van der Waals surface area contributed by atoms with E-state index in [0.717, 1.165) is 24.1 Å². The van der Waals surface area contributed by atoms with Gasteiger partial charge in [0.2, 0.25) is 5.88 Å². The fraction of sp³-hybridized carbons (Fsp3) is 0.500. The summed E-state index contributed by atoms with van der Waals surface area (Å²) in [6, 6.07) is 12.6. The van der Waals surface area contributed by atoms with Gasteiger partial charge in [0.05, 0.1) is 18.5 Å². The van der Waals surface area contributed by atoms with Crippen LogP contribution < -0.4 is 21.1 Å². The van der Waals surface area contributed by atoms with Gasteiger partial charge in [-0.25, -0.2) is 9.78 Å². The van der Waals surface area contributed by atoms with Crippen LogP contribution in [0.25, 0.3) is 11.3 Å². The van der Waals surface area contributed by atoms with Crippen molar-refractivity contribution in [2.45, 2.75) is 50.8 Å². The Labute approximate surface area is 223 Å². The third kappa shape index (κ3) is 9.55. The number of nitrogens with zero attached hydrogens (tertiary/aromatic N) is 1. The highest BCUT2D eigenvalue weighted by atomic mass is 32.2. The van der Waals surface area contributed by atoms with Crippen LogP contribution in [-0.2, 0) is 14.3 Å². The Hall–Kier alpha value is -2.43. The maximum absolute atomic E-state index is 13.3. The van der Waals surface area contributed by atoms with Gasteiger partial charge in [0.1, 0.15) is 6.04 Å². The number of ether oxygens (including phenoxy) is 2. The first-order valence-electron chi connectivity index (χ1n) is 12.1. The van der Waals surface area contributed by atoms with E-state index in [0.29, 0.717) is 42.5 Å². The van der Waals surface area contributed by atoms with E-state index < -0.39 is 18.1 Å². The van der Waals surface area contributed by atoms with Crippen molar-refractivity contribution in [2.75, 3.05) is 36.7 Å². The molecule has 2 rings (SSSR count). The Kier molecular flexibility index (Phi) is 13.5. The highest BCUT2D eigenvalue weighted by Crippen LogP contribution is 2.29. The summed E-state index contributed by atoms with van der Waals surface area (Å²) in [5.74, 6) is 0.688. The first-order valence-corrected chi connectivity index (χ1v) is 14.2. The number of carbonyl (C=O) groups excluding carboxylic acids is 2. The van der Waals surface area contributed by atoms with Crippen LogP contribution in [0.4, 0.5) is 5.69 Å². The highest BCUT2D eigenvalue weighted by Gasteiger charge is 2.28. The second kappa shape index (κ2) is 16.3. The third-order valence-electron chi connectivity index (χ3n) is 5.50. The number of hydrogen-bond donors (Lipinski definition) is 4. The Morgan fingerprint density at radius 2 is 1.92 bits per heavy atom. The standard InChI is InChI=1S/C26H38N4O4S2/c1-4-5-11-23(24(31)29-22(14-15-36-3)26(32)33-2)34-25-21(28-16-19(27)17-35)13-12-20(30-25)18-9-7-6-8-10-18/h6-10,12-13,19,22-23,28,35H,4-5,11,14-17,27H2,1-3H3,(H,29,31). The zero-order valence-electron chi connectivity index (χ0n) is 21.2. The molecule has 0 radical (unpaired) electrons. The van der Waals surface area contributed by atoms with Crippen molar-refractivity contribution in [3.05, 3.63) is 42.5 Å². The average Bonchev–Trinajstić information content (AvgIpc) is 2.91. The molecule has 198 valence electrons. The predicted octanol–water partition coefficient (Wildman–Crippen LogP) is 3.77. The lowest BCUT2D eigenvalue weighted by atomic mass is 10.1. The van der Waals surface area contributed by atoms with Gasteiger partial charge in [-0.1, -0.05) is 43.7 Å². The number of pyridine rings is 1. The Bertz CT molecular complexity index is 949. The van der Waals surface area contributed by atoms with Gasteiger partial charge in [-0.3, -0.25) is 4.79 Å². The van der Waals surface area contributed by atoms with Crippen molar-refractivity contribution < 1.29 is 19.1 Å². The Morgan fingerprint density at radius 3 is 2.56 bits per heavy atom. The topological polar surface area (TPSA) is 116 Å². The van der Waals surface area contributed by atoms with Crippen LogP contribution in [0.2, 0.25) is 0 Å². The number of nitrogens with one attached hydrogen (secondary N) is 2. The van der Waals surface area contributed by atoms with Crippen molar-refractivity contribution in [3.8, 4) is 17.1 Å². The lowest BCUT2D eigenvalue weighted by molar-refractivity contribution is -0.146. The van der Waals surface area contributed by atoms with Gasteiger partial charge in [0, 0.05) is 23.9 Å². The predicted molar refractivity (Wildman–Crippen MR) is 151 cm³/mol. The van der Waals surface area contributed by atoms with E-state index in [1.165, 1.54) is 7.11 Å². The molecule has 0 spiro atoms. The Balaban J connectivity index is 2.34. The van der Waals surface area contributed by atoms with Crippen LogP contribution in [0.3, 0.4) is 0 Å². The zero-order chi connectivity index (χ0) is 26.3. The van der Waals surface area contributed by atoms with Crippen molar-refractivity contribution in [3.63, 3.8) is 0 Å². The van der Waals surface area contributed by atoms with Gasteiger partial charge in [-0.2, -0.15) is 24.4 Å². The number of unbranched alkanes of at least 4 members (excludes halogenated alkanes) is 1. The van der Waals surface area contributed by atoms with Gasteiger partial charge in [0.15, 0.2) is 6.10 Å². The molecular formula is C26H38N4O4S2.